The molecule has 1 aliphatic carbocycles. The molecule has 74 valence electrons. The van der Waals surface area contributed by atoms with E-state index in [1.165, 1.54) is 0 Å². The number of rotatable bonds is 0. The number of ketones is 1. The number of carbonyl (C=O) groups excluding carboxylic acids is 1. The van der Waals surface area contributed by atoms with Gasteiger partial charge in [0.25, 0.3) is 0 Å². The number of benzene rings is 1. The molecule has 0 bridgehead atoms. The highest BCUT2D eigenvalue weighted by Gasteiger charge is 2.18. The van der Waals surface area contributed by atoms with Crippen molar-refractivity contribution in [2.24, 2.45) is 0 Å². The van der Waals surface area contributed by atoms with Crippen molar-refractivity contribution in [3.63, 3.8) is 0 Å². The molecular formula is C11H10Cl2O. The molecule has 0 spiro atoms. The summed E-state index contributed by atoms with van der Waals surface area (Å²) in [6.45, 7) is 0. The van der Waals surface area contributed by atoms with Crippen LogP contribution in [0.25, 0.3) is 0 Å². The Bertz CT molecular complexity index is 385. The molecule has 0 amide bonds. The number of halogens is 2. The number of hydrogen-bond acceptors (Lipinski definition) is 1. The maximum Gasteiger partial charge on any atom is 0.163 e. The van der Waals surface area contributed by atoms with Crippen LogP contribution in [0.4, 0.5) is 0 Å². The Balaban J connectivity index is 2.58. The molecule has 1 aliphatic rings. The van der Waals surface area contributed by atoms with Crippen LogP contribution in [-0.2, 0) is 6.42 Å². The number of fused-ring (bicyclic) bond motifs is 1. The van der Waals surface area contributed by atoms with Crippen LogP contribution in [0.2, 0.25) is 10.0 Å². The van der Waals surface area contributed by atoms with E-state index in [0.29, 0.717) is 16.5 Å². The van der Waals surface area contributed by atoms with Crippen molar-refractivity contribution in [1.29, 1.82) is 0 Å². The maximum atomic E-state index is 11.7. The Hall–Kier alpha value is -0.530. The first-order valence-electron chi connectivity index (χ1n) is 4.70. The molecule has 1 nitrogen and oxygen atoms in total. The van der Waals surface area contributed by atoms with Crippen molar-refractivity contribution < 1.29 is 4.79 Å². The van der Waals surface area contributed by atoms with E-state index in [1.807, 2.05) is 0 Å². The highest BCUT2D eigenvalue weighted by molar-refractivity contribution is 6.42. The van der Waals surface area contributed by atoms with E-state index >= 15 is 0 Å². The van der Waals surface area contributed by atoms with E-state index < -0.39 is 0 Å². The van der Waals surface area contributed by atoms with Gasteiger partial charge in [-0.3, -0.25) is 4.79 Å². The van der Waals surface area contributed by atoms with Crippen LogP contribution in [0.15, 0.2) is 12.1 Å². The summed E-state index contributed by atoms with van der Waals surface area (Å²) >= 11 is 12.0. The van der Waals surface area contributed by atoms with Crippen LogP contribution >= 0.6 is 23.2 Å². The largest absolute Gasteiger partial charge is 0.294 e. The zero-order valence-corrected chi connectivity index (χ0v) is 9.16. The van der Waals surface area contributed by atoms with Gasteiger partial charge in [0, 0.05) is 12.0 Å². The van der Waals surface area contributed by atoms with Crippen molar-refractivity contribution in [2.45, 2.75) is 25.7 Å². The minimum atomic E-state index is 0.191. The molecule has 0 fully saturated rings. The highest BCUT2D eigenvalue weighted by atomic mass is 35.5. The standard InChI is InChI=1S/C11H10Cl2O/c12-9-6-5-7-8(11(9)13)3-1-2-4-10(7)14/h5-6H,1-4H2. The molecule has 0 atom stereocenters. The van der Waals surface area contributed by atoms with Gasteiger partial charge in [0.2, 0.25) is 0 Å². The van der Waals surface area contributed by atoms with Gasteiger partial charge in [0.05, 0.1) is 10.0 Å². The average molecular weight is 229 g/mol. The first kappa shape index (κ1) is 10.0. The van der Waals surface area contributed by atoms with Crippen LogP contribution in [-0.4, -0.2) is 5.78 Å². The molecule has 14 heavy (non-hydrogen) atoms. The van der Waals surface area contributed by atoms with E-state index in [9.17, 15) is 4.79 Å². The van der Waals surface area contributed by atoms with Gasteiger partial charge in [-0.1, -0.05) is 23.2 Å². The molecule has 1 aromatic carbocycles. The number of carbonyl (C=O) groups is 1. The van der Waals surface area contributed by atoms with Crippen LogP contribution in [0.5, 0.6) is 0 Å². The summed E-state index contributed by atoms with van der Waals surface area (Å²) in [5, 5.41) is 1.10. The van der Waals surface area contributed by atoms with Crippen LogP contribution in [0.3, 0.4) is 0 Å². The Morgan fingerprint density at radius 2 is 1.79 bits per heavy atom. The SMILES string of the molecule is O=C1CCCCc2c1ccc(Cl)c2Cl. The first-order chi connectivity index (χ1) is 6.70. The first-order valence-corrected chi connectivity index (χ1v) is 5.46. The molecular weight excluding hydrogens is 219 g/mol. The zero-order valence-electron chi connectivity index (χ0n) is 7.65. The smallest absolute Gasteiger partial charge is 0.163 e. The average Bonchev–Trinajstić information content (AvgIpc) is 2.35. The molecule has 1 aromatic rings. The molecule has 0 unspecified atom stereocenters. The summed E-state index contributed by atoms with van der Waals surface area (Å²) in [6.07, 6.45) is 3.45. The van der Waals surface area contributed by atoms with Crippen molar-refractivity contribution in [2.75, 3.05) is 0 Å². The minimum absolute atomic E-state index is 0.191. The molecule has 0 aromatic heterocycles. The van der Waals surface area contributed by atoms with Crippen LogP contribution < -0.4 is 0 Å². The molecule has 0 saturated heterocycles. The van der Waals surface area contributed by atoms with E-state index in [-0.39, 0.29) is 5.78 Å². The van der Waals surface area contributed by atoms with E-state index in [1.54, 1.807) is 12.1 Å². The zero-order chi connectivity index (χ0) is 10.1. The van der Waals surface area contributed by atoms with Gasteiger partial charge in [-0.15, -0.1) is 0 Å². The Morgan fingerprint density at radius 1 is 1.07 bits per heavy atom. The third-order valence-electron chi connectivity index (χ3n) is 2.58. The fraction of sp³-hybridized carbons (Fsp3) is 0.364. The van der Waals surface area contributed by atoms with Crippen molar-refractivity contribution in [3.8, 4) is 0 Å². The predicted octanol–water partition coefficient (Wildman–Crippen LogP) is 3.90. The van der Waals surface area contributed by atoms with Crippen molar-refractivity contribution >= 4 is 29.0 Å². The Kier molecular flexibility index (Phi) is 2.80. The van der Waals surface area contributed by atoms with Crippen LogP contribution in [0.1, 0.15) is 35.2 Å². The molecule has 0 heterocycles. The summed E-state index contributed by atoms with van der Waals surface area (Å²) in [5.74, 6) is 0.191. The highest BCUT2D eigenvalue weighted by Crippen LogP contribution is 2.32. The predicted molar refractivity (Wildman–Crippen MR) is 58.3 cm³/mol. The molecule has 0 radical (unpaired) electrons. The lowest BCUT2D eigenvalue weighted by Gasteiger charge is -2.07. The van der Waals surface area contributed by atoms with Crippen molar-refractivity contribution in [3.05, 3.63) is 33.3 Å². The Morgan fingerprint density at radius 3 is 2.57 bits per heavy atom. The molecule has 0 saturated carbocycles. The molecule has 0 aliphatic heterocycles. The third-order valence-corrected chi connectivity index (χ3v) is 3.42. The lowest BCUT2D eigenvalue weighted by atomic mass is 10.0. The lowest BCUT2D eigenvalue weighted by molar-refractivity contribution is 0.0982. The van der Waals surface area contributed by atoms with Gasteiger partial charge in [0.1, 0.15) is 0 Å². The summed E-state index contributed by atoms with van der Waals surface area (Å²) in [7, 11) is 0. The second-order valence-electron chi connectivity index (χ2n) is 3.52. The lowest BCUT2D eigenvalue weighted by Crippen LogP contribution is -2.00. The second kappa shape index (κ2) is 3.92. The summed E-state index contributed by atoms with van der Waals surface area (Å²) in [4.78, 5) is 11.7. The quantitative estimate of drug-likeness (QED) is 0.616. The normalized spacial score (nSPS) is 16.3. The van der Waals surface area contributed by atoms with Gasteiger partial charge in [-0.25, -0.2) is 0 Å². The Labute approximate surface area is 93.0 Å². The molecule has 2 rings (SSSR count). The van der Waals surface area contributed by atoms with Gasteiger partial charge < -0.3 is 0 Å². The van der Waals surface area contributed by atoms with Gasteiger partial charge >= 0.3 is 0 Å². The van der Waals surface area contributed by atoms with E-state index in [0.717, 1.165) is 30.4 Å². The summed E-state index contributed by atoms with van der Waals surface area (Å²) in [5.41, 5.74) is 1.69. The van der Waals surface area contributed by atoms with Gasteiger partial charge in [0.15, 0.2) is 5.78 Å². The van der Waals surface area contributed by atoms with E-state index in [2.05, 4.69) is 0 Å². The van der Waals surface area contributed by atoms with E-state index in [4.69, 9.17) is 23.2 Å². The minimum Gasteiger partial charge on any atom is -0.294 e. The monoisotopic (exact) mass is 228 g/mol. The number of Topliss-reactive ketones (excluding diaryl/α,β-unsaturated/α-hetero) is 1. The third kappa shape index (κ3) is 1.67. The van der Waals surface area contributed by atoms with Crippen LogP contribution in [0, 0.1) is 0 Å². The fourth-order valence-electron chi connectivity index (χ4n) is 1.82. The van der Waals surface area contributed by atoms with Gasteiger partial charge in [-0.2, -0.15) is 0 Å². The molecule has 0 N–H and O–H groups in total. The molecule has 3 heteroatoms. The topological polar surface area (TPSA) is 17.1 Å². The maximum absolute atomic E-state index is 11.7. The van der Waals surface area contributed by atoms with Gasteiger partial charge in [-0.05, 0) is 37.0 Å². The number of hydrogen-bond donors (Lipinski definition) is 0. The second-order valence-corrected chi connectivity index (χ2v) is 4.30. The fourth-order valence-corrected chi connectivity index (χ4v) is 2.26. The summed E-state index contributed by atoms with van der Waals surface area (Å²) < 4.78 is 0. The summed E-state index contributed by atoms with van der Waals surface area (Å²) in [6, 6.07) is 3.49. The van der Waals surface area contributed by atoms with Crippen molar-refractivity contribution in [1.82, 2.24) is 0 Å².